The van der Waals surface area contributed by atoms with Gasteiger partial charge in [0.25, 0.3) is 0 Å². The average Bonchev–Trinajstić information content (AvgIpc) is 3.12. The molecule has 0 atom stereocenters. The molecule has 3 aromatic heterocycles. The van der Waals surface area contributed by atoms with Crippen molar-refractivity contribution < 1.29 is 0 Å². The summed E-state index contributed by atoms with van der Waals surface area (Å²) in [6.07, 6.45) is 4.51. The van der Waals surface area contributed by atoms with E-state index < -0.39 is 0 Å². The first-order chi connectivity index (χ1) is 10.8. The Balaban J connectivity index is 1.71. The molecular weight excluding hydrogens is 298 g/mol. The predicted octanol–water partition coefficient (Wildman–Crippen LogP) is 2.16. The molecule has 0 unspecified atom stereocenters. The van der Waals surface area contributed by atoms with Crippen LogP contribution in [0, 0.1) is 18.3 Å². The van der Waals surface area contributed by atoms with Crippen LogP contribution in [0.1, 0.15) is 17.1 Å². The molecule has 3 rings (SSSR count). The van der Waals surface area contributed by atoms with Gasteiger partial charge >= 0.3 is 0 Å². The lowest BCUT2D eigenvalue weighted by molar-refractivity contribution is 0.643. The van der Waals surface area contributed by atoms with Crippen molar-refractivity contribution in [2.45, 2.75) is 26.3 Å². The molecule has 0 aromatic carbocycles. The molecule has 0 amide bonds. The Bertz CT molecular complexity index is 814. The minimum atomic E-state index is 0.409. The molecule has 22 heavy (non-hydrogen) atoms. The third kappa shape index (κ3) is 3.04. The molecule has 3 aromatic rings. The van der Waals surface area contributed by atoms with Crippen LogP contribution >= 0.6 is 11.3 Å². The van der Waals surface area contributed by atoms with Gasteiger partial charge < -0.3 is 5.32 Å². The second-order valence-electron chi connectivity index (χ2n) is 4.77. The molecule has 1 N–H and O–H groups in total. The molecule has 0 aliphatic carbocycles. The van der Waals surface area contributed by atoms with Crippen LogP contribution < -0.4 is 5.32 Å². The number of rotatable bonds is 6. The first kappa shape index (κ1) is 14.4. The number of fused-ring (bicyclic) bond motifs is 1. The lowest BCUT2D eigenvalue weighted by atomic mass is 10.3. The van der Waals surface area contributed by atoms with E-state index in [0.29, 0.717) is 13.0 Å². The van der Waals surface area contributed by atoms with Crippen molar-refractivity contribution in [1.29, 1.82) is 5.26 Å². The number of hydrogen-bond acceptors (Lipinski definition) is 7. The van der Waals surface area contributed by atoms with Crippen LogP contribution in [0.5, 0.6) is 0 Å². The maximum absolute atomic E-state index is 8.68. The van der Waals surface area contributed by atoms with Gasteiger partial charge in [0.1, 0.15) is 12.1 Å². The van der Waals surface area contributed by atoms with E-state index in [-0.39, 0.29) is 0 Å². The molecule has 0 aliphatic heterocycles. The first-order valence-electron chi connectivity index (χ1n) is 6.96. The zero-order valence-electron chi connectivity index (χ0n) is 12.2. The lowest BCUT2D eigenvalue weighted by Crippen LogP contribution is -2.07. The van der Waals surface area contributed by atoms with Crippen molar-refractivity contribution in [3.63, 3.8) is 0 Å². The van der Waals surface area contributed by atoms with Gasteiger partial charge in [-0.1, -0.05) is 0 Å². The lowest BCUT2D eigenvalue weighted by Gasteiger charge is -2.05. The summed E-state index contributed by atoms with van der Waals surface area (Å²) in [4.78, 5) is 13.0. The smallest absolute Gasteiger partial charge is 0.163 e. The topological polar surface area (TPSA) is 92.3 Å². The highest BCUT2D eigenvalue weighted by Gasteiger charge is 2.09. The van der Waals surface area contributed by atoms with Crippen molar-refractivity contribution in [2.24, 2.45) is 0 Å². The SMILES string of the molecule is Cc1nc(CCNc2ncnc3c2cnn3CCC#N)cs1. The number of nitrogens with zero attached hydrogens (tertiary/aromatic N) is 6. The van der Waals surface area contributed by atoms with E-state index in [1.54, 1.807) is 22.2 Å². The highest BCUT2D eigenvalue weighted by Crippen LogP contribution is 2.19. The van der Waals surface area contributed by atoms with Gasteiger partial charge in [0.2, 0.25) is 0 Å². The van der Waals surface area contributed by atoms with Gasteiger partial charge in [0.15, 0.2) is 5.65 Å². The second kappa shape index (κ2) is 6.49. The molecule has 0 radical (unpaired) electrons. The van der Waals surface area contributed by atoms with Crippen LogP contribution in [0.15, 0.2) is 17.9 Å². The van der Waals surface area contributed by atoms with E-state index in [1.165, 1.54) is 6.33 Å². The number of hydrogen-bond donors (Lipinski definition) is 1. The molecule has 0 saturated heterocycles. The van der Waals surface area contributed by atoms with E-state index in [0.717, 1.165) is 40.5 Å². The first-order valence-corrected chi connectivity index (χ1v) is 7.84. The number of nitrogens with one attached hydrogen (secondary N) is 1. The van der Waals surface area contributed by atoms with Crippen molar-refractivity contribution >= 4 is 28.2 Å². The summed E-state index contributed by atoms with van der Waals surface area (Å²) >= 11 is 1.66. The summed E-state index contributed by atoms with van der Waals surface area (Å²) in [5.41, 5.74) is 1.84. The Morgan fingerprint density at radius 1 is 1.41 bits per heavy atom. The minimum absolute atomic E-state index is 0.409. The van der Waals surface area contributed by atoms with Crippen LogP contribution in [0.4, 0.5) is 5.82 Å². The molecule has 0 aliphatic rings. The van der Waals surface area contributed by atoms with E-state index in [1.807, 2.05) is 6.92 Å². The Kier molecular flexibility index (Phi) is 4.25. The number of nitriles is 1. The quantitative estimate of drug-likeness (QED) is 0.749. The standard InChI is InChI=1S/C14H15N7S/c1-10-20-11(8-22-10)3-5-16-13-12-7-19-21(6-2-4-15)14(12)18-9-17-13/h7-9H,2-3,5-6H2,1H3,(H,16,17,18). The maximum Gasteiger partial charge on any atom is 0.163 e. The highest BCUT2D eigenvalue weighted by atomic mass is 32.1. The number of anilines is 1. The van der Waals surface area contributed by atoms with Gasteiger partial charge in [0, 0.05) is 18.3 Å². The van der Waals surface area contributed by atoms with Crippen molar-refractivity contribution in [3.8, 4) is 6.07 Å². The van der Waals surface area contributed by atoms with Gasteiger partial charge in [-0.15, -0.1) is 11.3 Å². The number of aromatic nitrogens is 5. The zero-order valence-corrected chi connectivity index (χ0v) is 13.0. The van der Waals surface area contributed by atoms with Crippen molar-refractivity contribution in [1.82, 2.24) is 24.7 Å². The van der Waals surface area contributed by atoms with Crippen LogP contribution in [-0.2, 0) is 13.0 Å². The molecule has 0 spiro atoms. The monoisotopic (exact) mass is 313 g/mol. The van der Waals surface area contributed by atoms with Gasteiger partial charge in [-0.25, -0.2) is 19.6 Å². The van der Waals surface area contributed by atoms with E-state index >= 15 is 0 Å². The van der Waals surface area contributed by atoms with Crippen LogP contribution in [0.25, 0.3) is 11.0 Å². The fraction of sp³-hybridized carbons (Fsp3) is 0.357. The van der Waals surface area contributed by atoms with Crippen molar-refractivity contribution in [2.75, 3.05) is 11.9 Å². The van der Waals surface area contributed by atoms with Gasteiger partial charge in [-0.3, -0.25) is 0 Å². The van der Waals surface area contributed by atoms with Gasteiger partial charge in [-0.05, 0) is 6.92 Å². The van der Waals surface area contributed by atoms with Crippen LogP contribution in [0.2, 0.25) is 0 Å². The average molecular weight is 313 g/mol. The van der Waals surface area contributed by atoms with Crippen molar-refractivity contribution in [3.05, 3.63) is 28.6 Å². The normalized spacial score (nSPS) is 10.7. The largest absolute Gasteiger partial charge is 0.369 e. The molecular formula is C14H15N7S. The molecule has 112 valence electrons. The summed E-state index contributed by atoms with van der Waals surface area (Å²) < 4.78 is 1.73. The van der Waals surface area contributed by atoms with E-state index in [9.17, 15) is 0 Å². The molecule has 3 heterocycles. The van der Waals surface area contributed by atoms with Gasteiger partial charge in [0.05, 0.1) is 41.3 Å². The Morgan fingerprint density at radius 3 is 3.09 bits per heavy atom. The molecule has 8 heteroatoms. The molecule has 7 nitrogen and oxygen atoms in total. The Labute approximate surface area is 131 Å². The molecule has 0 saturated carbocycles. The highest BCUT2D eigenvalue weighted by molar-refractivity contribution is 7.09. The Hall–Kier alpha value is -2.53. The second-order valence-corrected chi connectivity index (χ2v) is 5.83. The third-order valence-electron chi connectivity index (χ3n) is 3.21. The maximum atomic E-state index is 8.68. The minimum Gasteiger partial charge on any atom is -0.369 e. The van der Waals surface area contributed by atoms with E-state index in [2.05, 4.69) is 36.8 Å². The summed E-state index contributed by atoms with van der Waals surface area (Å²) in [6, 6.07) is 2.11. The summed E-state index contributed by atoms with van der Waals surface area (Å²) in [6.45, 7) is 3.29. The summed E-state index contributed by atoms with van der Waals surface area (Å²) in [5, 5.41) is 20.3. The summed E-state index contributed by atoms with van der Waals surface area (Å²) in [7, 11) is 0. The van der Waals surface area contributed by atoms with Gasteiger partial charge in [-0.2, -0.15) is 10.4 Å². The van der Waals surface area contributed by atoms with E-state index in [4.69, 9.17) is 5.26 Å². The summed E-state index contributed by atoms with van der Waals surface area (Å²) in [5.74, 6) is 0.764. The third-order valence-corrected chi connectivity index (χ3v) is 4.03. The Morgan fingerprint density at radius 2 is 2.32 bits per heavy atom. The van der Waals surface area contributed by atoms with Crippen LogP contribution in [-0.4, -0.2) is 31.3 Å². The fourth-order valence-electron chi connectivity index (χ4n) is 2.19. The van der Waals surface area contributed by atoms with Crippen LogP contribution in [0.3, 0.4) is 0 Å². The fourth-order valence-corrected chi connectivity index (χ4v) is 2.83. The number of thiazole rings is 1. The molecule has 0 fully saturated rings. The zero-order chi connectivity index (χ0) is 15.4. The number of aryl methyl sites for hydroxylation is 2. The predicted molar refractivity (Wildman–Crippen MR) is 84.6 cm³/mol. The molecule has 0 bridgehead atoms.